The smallest absolute Gasteiger partial charge is 0.227 e. The lowest BCUT2D eigenvalue weighted by molar-refractivity contribution is -0.150. The maximum absolute atomic E-state index is 12.5. The fourth-order valence-corrected chi connectivity index (χ4v) is 3.03. The molecule has 134 valence electrons. The largest absolute Gasteiger partial charge is 0.390 e. The minimum atomic E-state index is -1.28. The fraction of sp³-hybridized carbons (Fsp3) is 0.632. The van der Waals surface area contributed by atoms with Crippen LogP contribution in [0, 0.1) is 5.92 Å². The standard InChI is InChI=1S/C19H30N2O3/c1-15(2)8-10-20-13-19(24)14-21(11-9-17(19)22)18(23)12-16-6-4-3-5-7-16/h3-7,15,17,20,22,24H,8-14H2,1-2H3/t17-,19+/m1/s1. The lowest BCUT2D eigenvalue weighted by Crippen LogP contribution is -2.62. The fourth-order valence-electron chi connectivity index (χ4n) is 3.03. The maximum Gasteiger partial charge on any atom is 0.227 e. The van der Waals surface area contributed by atoms with Crippen molar-refractivity contribution in [3.8, 4) is 0 Å². The van der Waals surface area contributed by atoms with Gasteiger partial charge in [-0.15, -0.1) is 0 Å². The van der Waals surface area contributed by atoms with Crippen LogP contribution in [0.3, 0.4) is 0 Å². The Balaban J connectivity index is 1.90. The molecule has 0 spiro atoms. The number of piperidine rings is 1. The van der Waals surface area contributed by atoms with Crippen LogP contribution < -0.4 is 5.32 Å². The molecule has 1 amide bonds. The van der Waals surface area contributed by atoms with Gasteiger partial charge in [0.2, 0.25) is 5.91 Å². The van der Waals surface area contributed by atoms with Crippen molar-refractivity contribution < 1.29 is 15.0 Å². The molecule has 1 aliphatic rings. The summed E-state index contributed by atoms with van der Waals surface area (Å²) in [6.45, 7) is 6.06. The summed E-state index contributed by atoms with van der Waals surface area (Å²) >= 11 is 0. The number of carbonyl (C=O) groups is 1. The zero-order valence-electron chi connectivity index (χ0n) is 14.7. The van der Waals surface area contributed by atoms with Crippen molar-refractivity contribution in [3.05, 3.63) is 35.9 Å². The van der Waals surface area contributed by atoms with Gasteiger partial charge < -0.3 is 20.4 Å². The third-order valence-corrected chi connectivity index (χ3v) is 4.64. The number of amides is 1. The second-order valence-electron chi connectivity index (χ2n) is 7.25. The quantitative estimate of drug-likeness (QED) is 0.655. The molecular formula is C19H30N2O3. The van der Waals surface area contributed by atoms with Crippen molar-refractivity contribution >= 4 is 5.91 Å². The summed E-state index contributed by atoms with van der Waals surface area (Å²) in [5.74, 6) is 0.584. The van der Waals surface area contributed by atoms with Crippen molar-refractivity contribution in [2.24, 2.45) is 5.92 Å². The molecule has 0 radical (unpaired) electrons. The Morgan fingerprint density at radius 3 is 2.75 bits per heavy atom. The van der Waals surface area contributed by atoms with E-state index in [1.165, 1.54) is 0 Å². The molecule has 1 fully saturated rings. The van der Waals surface area contributed by atoms with Crippen molar-refractivity contribution in [1.29, 1.82) is 0 Å². The number of hydrogen-bond donors (Lipinski definition) is 3. The minimum absolute atomic E-state index is 0.00583. The number of likely N-dealkylation sites (tertiary alicyclic amines) is 1. The molecule has 0 aliphatic carbocycles. The normalized spacial score (nSPS) is 24.4. The zero-order chi connectivity index (χ0) is 17.6. The van der Waals surface area contributed by atoms with Crippen molar-refractivity contribution in [2.45, 2.75) is 44.8 Å². The van der Waals surface area contributed by atoms with Gasteiger partial charge in [0.05, 0.1) is 19.1 Å². The first kappa shape index (κ1) is 18.9. The highest BCUT2D eigenvalue weighted by atomic mass is 16.3. The summed E-state index contributed by atoms with van der Waals surface area (Å²) in [7, 11) is 0. The Kier molecular flexibility index (Phi) is 6.78. The number of aliphatic hydroxyl groups is 2. The summed E-state index contributed by atoms with van der Waals surface area (Å²) in [6.07, 6.45) is 0.948. The van der Waals surface area contributed by atoms with E-state index in [9.17, 15) is 15.0 Å². The molecule has 1 aromatic rings. The molecule has 1 aliphatic heterocycles. The average molecular weight is 334 g/mol. The molecule has 0 aromatic heterocycles. The van der Waals surface area contributed by atoms with Crippen LogP contribution in [-0.2, 0) is 11.2 Å². The number of carbonyl (C=O) groups excluding carboxylic acids is 1. The van der Waals surface area contributed by atoms with Gasteiger partial charge in [0.15, 0.2) is 0 Å². The first-order chi connectivity index (χ1) is 11.4. The van der Waals surface area contributed by atoms with E-state index < -0.39 is 11.7 Å². The number of benzene rings is 1. The molecule has 0 unspecified atom stereocenters. The number of nitrogens with zero attached hydrogens (tertiary/aromatic N) is 1. The van der Waals surface area contributed by atoms with Crippen LogP contribution in [0.5, 0.6) is 0 Å². The molecule has 2 rings (SSSR count). The van der Waals surface area contributed by atoms with Gasteiger partial charge in [-0.1, -0.05) is 44.2 Å². The maximum atomic E-state index is 12.5. The summed E-state index contributed by atoms with van der Waals surface area (Å²) in [5, 5.41) is 24.2. The van der Waals surface area contributed by atoms with E-state index in [2.05, 4.69) is 19.2 Å². The van der Waals surface area contributed by atoms with Crippen LogP contribution >= 0.6 is 0 Å². The minimum Gasteiger partial charge on any atom is -0.390 e. The van der Waals surface area contributed by atoms with Gasteiger partial charge in [0.1, 0.15) is 5.60 Å². The lowest BCUT2D eigenvalue weighted by Gasteiger charge is -2.43. The van der Waals surface area contributed by atoms with E-state index in [1.54, 1.807) is 4.90 Å². The van der Waals surface area contributed by atoms with Gasteiger partial charge in [-0.05, 0) is 30.9 Å². The molecule has 0 saturated carbocycles. The third-order valence-electron chi connectivity index (χ3n) is 4.64. The van der Waals surface area contributed by atoms with E-state index >= 15 is 0 Å². The summed E-state index contributed by atoms with van der Waals surface area (Å²) in [5.41, 5.74) is -0.311. The van der Waals surface area contributed by atoms with Gasteiger partial charge in [0.25, 0.3) is 0 Å². The van der Waals surface area contributed by atoms with Crippen LogP contribution in [0.2, 0.25) is 0 Å². The van der Waals surface area contributed by atoms with Crippen LogP contribution in [0.15, 0.2) is 30.3 Å². The highest BCUT2D eigenvalue weighted by molar-refractivity contribution is 5.79. The predicted molar refractivity (Wildman–Crippen MR) is 94.6 cm³/mol. The highest BCUT2D eigenvalue weighted by Crippen LogP contribution is 2.22. The average Bonchev–Trinajstić information content (AvgIpc) is 2.55. The van der Waals surface area contributed by atoms with Crippen molar-refractivity contribution in [2.75, 3.05) is 26.2 Å². The Labute approximate surface area is 144 Å². The Bertz CT molecular complexity index is 521. The summed E-state index contributed by atoms with van der Waals surface area (Å²) in [6, 6.07) is 9.61. The molecule has 3 N–H and O–H groups in total. The van der Waals surface area contributed by atoms with E-state index in [4.69, 9.17) is 0 Å². The van der Waals surface area contributed by atoms with Gasteiger partial charge in [-0.3, -0.25) is 4.79 Å². The topological polar surface area (TPSA) is 72.8 Å². The predicted octanol–water partition coefficient (Wildman–Crippen LogP) is 1.19. The molecule has 24 heavy (non-hydrogen) atoms. The number of hydrogen-bond acceptors (Lipinski definition) is 4. The van der Waals surface area contributed by atoms with Crippen molar-refractivity contribution in [1.82, 2.24) is 10.2 Å². The van der Waals surface area contributed by atoms with E-state index in [0.717, 1.165) is 18.5 Å². The molecule has 1 aromatic carbocycles. The molecule has 0 bridgehead atoms. The third kappa shape index (κ3) is 5.30. The first-order valence-corrected chi connectivity index (χ1v) is 8.83. The Hall–Kier alpha value is -1.43. The molecule has 1 saturated heterocycles. The molecule has 5 heteroatoms. The van der Waals surface area contributed by atoms with Crippen LogP contribution in [0.1, 0.15) is 32.3 Å². The molecule has 5 nitrogen and oxygen atoms in total. The molecule has 1 heterocycles. The Morgan fingerprint density at radius 2 is 2.08 bits per heavy atom. The van der Waals surface area contributed by atoms with Crippen LogP contribution in [0.4, 0.5) is 0 Å². The number of β-amino-alcohol motifs (C(OH)–C–C–N with tert-alkyl or cyclic N) is 1. The lowest BCUT2D eigenvalue weighted by atomic mass is 9.89. The molecule has 2 atom stereocenters. The summed E-state index contributed by atoms with van der Waals surface area (Å²) in [4.78, 5) is 14.2. The number of aliphatic hydroxyl groups excluding tert-OH is 1. The number of rotatable bonds is 7. The summed E-state index contributed by atoms with van der Waals surface area (Å²) < 4.78 is 0. The number of nitrogens with one attached hydrogen (secondary N) is 1. The molecular weight excluding hydrogens is 304 g/mol. The zero-order valence-corrected chi connectivity index (χ0v) is 14.7. The van der Waals surface area contributed by atoms with Crippen LogP contribution in [-0.4, -0.2) is 58.9 Å². The van der Waals surface area contributed by atoms with E-state index in [0.29, 0.717) is 31.8 Å². The van der Waals surface area contributed by atoms with Gasteiger partial charge in [0, 0.05) is 13.1 Å². The van der Waals surface area contributed by atoms with Gasteiger partial charge in [-0.2, -0.15) is 0 Å². The van der Waals surface area contributed by atoms with Gasteiger partial charge >= 0.3 is 0 Å². The second-order valence-corrected chi connectivity index (χ2v) is 7.25. The van der Waals surface area contributed by atoms with Crippen LogP contribution in [0.25, 0.3) is 0 Å². The van der Waals surface area contributed by atoms with E-state index in [-0.39, 0.29) is 12.5 Å². The SMILES string of the molecule is CC(C)CCNC[C@]1(O)CN(C(=O)Cc2ccccc2)CC[C@H]1O. The first-order valence-electron chi connectivity index (χ1n) is 8.83. The monoisotopic (exact) mass is 334 g/mol. The highest BCUT2D eigenvalue weighted by Gasteiger charge is 2.42. The Morgan fingerprint density at radius 1 is 1.38 bits per heavy atom. The van der Waals surface area contributed by atoms with Gasteiger partial charge in [-0.25, -0.2) is 0 Å². The van der Waals surface area contributed by atoms with E-state index in [1.807, 2.05) is 30.3 Å². The van der Waals surface area contributed by atoms with Crippen molar-refractivity contribution in [3.63, 3.8) is 0 Å². The second kappa shape index (κ2) is 8.60.